The molecule has 2 saturated heterocycles. The number of hydrogen-bond acceptors (Lipinski definition) is 4. The Kier molecular flexibility index (Phi) is 4.37. The van der Waals surface area contributed by atoms with E-state index in [1.54, 1.807) is 0 Å². The van der Waals surface area contributed by atoms with Crippen LogP contribution in [0.1, 0.15) is 19.3 Å². The van der Waals surface area contributed by atoms with E-state index in [0.29, 0.717) is 13.1 Å². The van der Waals surface area contributed by atoms with E-state index in [2.05, 4.69) is 11.9 Å². The van der Waals surface area contributed by atoms with Crippen molar-refractivity contribution in [3.05, 3.63) is 24.0 Å². The van der Waals surface area contributed by atoms with Gasteiger partial charge in [-0.3, -0.25) is 0 Å². The second-order valence-electron chi connectivity index (χ2n) is 6.73. The fourth-order valence-corrected chi connectivity index (χ4v) is 5.41. The number of methoxy groups -OCH3 is 1. The molecule has 0 bridgehead atoms. The second kappa shape index (κ2) is 6.03. The van der Waals surface area contributed by atoms with Crippen LogP contribution >= 0.6 is 0 Å². The van der Waals surface area contributed by atoms with E-state index in [1.165, 1.54) is 23.5 Å². The summed E-state index contributed by atoms with van der Waals surface area (Å²) in [5.41, 5.74) is 0.0467. The Labute approximate surface area is 137 Å². The summed E-state index contributed by atoms with van der Waals surface area (Å²) in [5.74, 6) is -0.601. The molecule has 7 heteroatoms. The standard InChI is InChI=1S/C16H23FN2O3S/c1-18-8-3-6-16(11-18)7-9-19(12-16)23(20,21)13-4-5-15(22-2)14(17)10-13/h4-5,10H,3,6-9,11-12H2,1-2H3. The van der Waals surface area contributed by atoms with E-state index in [9.17, 15) is 12.8 Å². The third-order valence-electron chi connectivity index (χ3n) is 5.02. The Morgan fingerprint density at radius 1 is 1.22 bits per heavy atom. The maximum Gasteiger partial charge on any atom is 0.243 e. The highest BCUT2D eigenvalue weighted by atomic mass is 32.2. The molecule has 128 valence electrons. The third-order valence-corrected chi connectivity index (χ3v) is 6.86. The molecule has 1 aromatic carbocycles. The van der Waals surface area contributed by atoms with Gasteiger partial charge in [-0.1, -0.05) is 0 Å². The van der Waals surface area contributed by atoms with Gasteiger partial charge in [0.15, 0.2) is 11.6 Å². The Bertz CT molecular complexity index is 695. The first-order chi connectivity index (χ1) is 10.9. The average Bonchev–Trinajstić information content (AvgIpc) is 2.91. The van der Waals surface area contributed by atoms with Gasteiger partial charge in [0, 0.05) is 19.6 Å². The van der Waals surface area contributed by atoms with E-state index in [4.69, 9.17) is 4.74 Å². The minimum atomic E-state index is -3.66. The molecular formula is C16H23FN2O3S. The van der Waals surface area contributed by atoms with Crippen molar-refractivity contribution in [2.24, 2.45) is 5.41 Å². The first-order valence-corrected chi connectivity index (χ1v) is 9.33. The molecule has 1 aromatic rings. The third kappa shape index (κ3) is 3.09. The van der Waals surface area contributed by atoms with Gasteiger partial charge in [-0.2, -0.15) is 4.31 Å². The van der Waals surface area contributed by atoms with Crippen LogP contribution in [0.5, 0.6) is 5.75 Å². The molecule has 2 aliphatic heterocycles. The van der Waals surface area contributed by atoms with E-state index < -0.39 is 15.8 Å². The molecule has 3 rings (SSSR count). The maximum absolute atomic E-state index is 13.9. The molecule has 2 heterocycles. The Morgan fingerprint density at radius 3 is 2.65 bits per heavy atom. The predicted octanol–water partition coefficient (Wildman–Crippen LogP) is 1.94. The Balaban J connectivity index is 1.82. The van der Waals surface area contributed by atoms with Gasteiger partial charge in [-0.05, 0) is 56.5 Å². The highest BCUT2D eigenvalue weighted by molar-refractivity contribution is 7.89. The van der Waals surface area contributed by atoms with Crippen molar-refractivity contribution < 1.29 is 17.5 Å². The number of likely N-dealkylation sites (tertiary alicyclic amines) is 1. The van der Waals surface area contributed by atoms with Crippen LogP contribution in [-0.2, 0) is 10.0 Å². The van der Waals surface area contributed by atoms with Gasteiger partial charge in [0.2, 0.25) is 10.0 Å². The number of piperidine rings is 1. The lowest BCUT2D eigenvalue weighted by atomic mass is 9.79. The lowest BCUT2D eigenvalue weighted by Crippen LogP contribution is -2.43. The average molecular weight is 342 g/mol. The van der Waals surface area contributed by atoms with Gasteiger partial charge < -0.3 is 9.64 Å². The summed E-state index contributed by atoms with van der Waals surface area (Å²) in [5, 5.41) is 0. The number of nitrogens with zero attached hydrogens (tertiary/aromatic N) is 2. The number of ether oxygens (including phenoxy) is 1. The number of halogens is 1. The molecule has 2 aliphatic rings. The van der Waals surface area contributed by atoms with Crippen LogP contribution < -0.4 is 4.74 Å². The van der Waals surface area contributed by atoms with Crippen molar-refractivity contribution in [3.63, 3.8) is 0 Å². The largest absolute Gasteiger partial charge is 0.494 e. The summed E-state index contributed by atoms with van der Waals surface area (Å²) in [7, 11) is -0.222. The Hall–Kier alpha value is -1.18. The van der Waals surface area contributed by atoms with Gasteiger partial charge in [-0.25, -0.2) is 12.8 Å². The molecule has 0 radical (unpaired) electrons. The van der Waals surface area contributed by atoms with Crippen molar-refractivity contribution in [2.75, 3.05) is 40.3 Å². The van der Waals surface area contributed by atoms with Crippen LogP contribution in [0.25, 0.3) is 0 Å². The number of sulfonamides is 1. The van der Waals surface area contributed by atoms with Crippen LogP contribution in [0, 0.1) is 11.2 Å². The van der Waals surface area contributed by atoms with Crippen LogP contribution in [0.4, 0.5) is 4.39 Å². The lowest BCUT2D eigenvalue weighted by molar-refractivity contribution is 0.121. The minimum Gasteiger partial charge on any atom is -0.494 e. The monoisotopic (exact) mass is 342 g/mol. The highest BCUT2D eigenvalue weighted by Crippen LogP contribution is 2.40. The number of benzene rings is 1. The van der Waals surface area contributed by atoms with Crippen molar-refractivity contribution in [1.82, 2.24) is 9.21 Å². The summed E-state index contributed by atoms with van der Waals surface area (Å²) in [6.45, 7) is 3.02. The molecule has 0 amide bonds. The van der Waals surface area contributed by atoms with Gasteiger partial charge >= 0.3 is 0 Å². The van der Waals surface area contributed by atoms with E-state index in [1.807, 2.05) is 0 Å². The zero-order valence-corrected chi connectivity index (χ0v) is 14.4. The molecule has 0 saturated carbocycles. The van der Waals surface area contributed by atoms with Crippen LogP contribution in [0.3, 0.4) is 0 Å². The van der Waals surface area contributed by atoms with Gasteiger partial charge in [0.05, 0.1) is 12.0 Å². The van der Waals surface area contributed by atoms with Gasteiger partial charge in [0.1, 0.15) is 0 Å². The molecule has 1 unspecified atom stereocenters. The molecule has 0 aromatic heterocycles. The molecule has 23 heavy (non-hydrogen) atoms. The van der Waals surface area contributed by atoms with Crippen LogP contribution in [-0.4, -0.2) is 58.0 Å². The normalized spacial score (nSPS) is 26.7. The summed E-state index contributed by atoms with van der Waals surface area (Å²) in [4.78, 5) is 2.27. The van der Waals surface area contributed by atoms with E-state index in [-0.39, 0.29) is 16.1 Å². The molecule has 5 nitrogen and oxygen atoms in total. The zero-order valence-electron chi connectivity index (χ0n) is 13.6. The number of hydrogen-bond donors (Lipinski definition) is 0. The quantitative estimate of drug-likeness (QED) is 0.842. The van der Waals surface area contributed by atoms with Gasteiger partial charge in [0.25, 0.3) is 0 Å². The highest BCUT2D eigenvalue weighted by Gasteiger charge is 2.44. The fraction of sp³-hybridized carbons (Fsp3) is 0.625. The summed E-state index contributed by atoms with van der Waals surface area (Å²) >= 11 is 0. The zero-order chi connectivity index (χ0) is 16.7. The molecule has 1 spiro atoms. The first-order valence-electron chi connectivity index (χ1n) is 7.89. The molecule has 0 N–H and O–H groups in total. The van der Waals surface area contributed by atoms with Crippen molar-refractivity contribution >= 4 is 10.0 Å². The SMILES string of the molecule is COc1ccc(S(=O)(=O)N2CCC3(CCCN(C)C3)C2)cc1F. The van der Waals surface area contributed by atoms with Crippen LogP contribution in [0.2, 0.25) is 0 Å². The molecule has 0 aliphatic carbocycles. The second-order valence-corrected chi connectivity index (χ2v) is 8.66. The Morgan fingerprint density at radius 2 is 2.00 bits per heavy atom. The van der Waals surface area contributed by atoms with E-state index in [0.717, 1.165) is 38.4 Å². The molecule has 2 fully saturated rings. The summed E-state index contributed by atoms with van der Waals surface area (Å²) < 4.78 is 45.8. The van der Waals surface area contributed by atoms with Crippen molar-refractivity contribution in [3.8, 4) is 5.75 Å². The van der Waals surface area contributed by atoms with Gasteiger partial charge in [-0.15, -0.1) is 0 Å². The number of rotatable bonds is 3. The van der Waals surface area contributed by atoms with Crippen molar-refractivity contribution in [2.45, 2.75) is 24.2 Å². The summed E-state index contributed by atoms with van der Waals surface area (Å²) in [6, 6.07) is 3.82. The minimum absolute atomic E-state index is 0.00276. The first kappa shape index (κ1) is 16.7. The smallest absolute Gasteiger partial charge is 0.243 e. The summed E-state index contributed by atoms with van der Waals surface area (Å²) in [6.07, 6.45) is 3.02. The molecule has 1 atom stereocenters. The molecular weight excluding hydrogens is 319 g/mol. The predicted molar refractivity (Wildman–Crippen MR) is 85.5 cm³/mol. The van der Waals surface area contributed by atoms with E-state index >= 15 is 0 Å². The topological polar surface area (TPSA) is 49.9 Å². The maximum atomic E-state index is 13.9. The lowest BCUT2D eigenvalue weighted by Gasteiger charge is -2.38. The van der Waals surface area contributed by atoms with Crippen molar-refractivity contribution in [1.29, 1.82) is 0 Å². The van der Waals surface area contributed by atoms with Crippen LogP contribution in [0.15, 0.2) is 23.1 Å². The fourth-order valence-electron chi connectivity index (χ4n) is 3.84.